The Bertz CT molecular complexity index is 595. The van der Waals surface area contributed by atoms with Crippen molar-refractivity contribution in [2.75, 3.05) is 6.61 Å². The number of benzene rings is 1. The standard InChI is InChI=1S/C16H22FN3O/c1-16(2,11-21)14(15-18-7-8-20(15)3)19-10-12-5-4-6-13(17)9-12/h4-9,14,19,21H,10-11H2,1-3H3/t14-/m1/s1. The van der Waals surface area contributed by atoms with E-state index in [1.54, 1.807) is 12.3 Å². The molecule has 2 rings (SSSR count). The summed E-state index contributed by atoms with van der Waals surface area (Å²) in [4.78, 5) is 4.38. The van der Waals surface area contributed by atoms with Crippen molar-refractivity contribution in [3.63, 3.8) is 0 Å². The van der Waals surface area contributed by atoms with Crippen LogP contribution in [0.4, 0.5) is 4.39 Å². The van der Waals surface area contributed by atoms with E-state index in [2.05, 4.69) is 10.3 Å². The van der Waals surface area contributed by atoms with Gasteiger partial charge in [0.2, 0.25) is 0 Å². The average molecular weight is 291 g/mol. The monoisotopic (exact) mass is 291 g/mol. The second-order valence-electron chi connectivity index (χ2n) is 5.99. The fourth-order valence-corrected chi connectivity index (χ4v) is 2.33. The molecule has 0 amide bonds. The Morgan fingerprint density at radius 2 is 2.19 bits per heavy atom. The van der Waals surface area contributed by atoms with Crippen molar-refractivity contribution in [3.8, 4) is 0 Å². The number of aromatic nitrogens is 2. The molecule has 21 heavy (non-hydrogen) atoms. The Kier molecular flexibility index (Phi) is 4.75. The maximum atomic E-state index is 13.2. The lowest BCUT2D eigenvalue weighted by molar-refractivity contribution is 0.109. The van der Waals surface area contributed by atoms with Gasteiger partial charge in [-0.1, -0.05) is 26.0 Å². The summed E-state index contributed by atoms with van der Waals surface area (Å²) in [6.07, 6.45) is 3.61. The van der Waals surface area contributed by atoms with E-state index < -0.39 is 0 Å². The van der Waals surface area contributed by atoms with Crippen LogP contribution < -0.4 is 5.32 Å². The van der Waals surface area contributed by atoms with Crippen LogP contribution in [0, 0.1) is 11.2 Å². The van der Waals surface area contributed by atoms with Gasteiger partial charge in [-0.15, -0.1) is 0 Å². The van der Waals surface area contributed by atoms with Gasteiger partial charge in [0.1, 0.15) is 11.6 Å². The number of aliphatic hydroxyl groups is 1. The normalized spacial score (nSPS) is 13.4. The molecule has 4 nitrogen and oxygen atoms in total. The maximum Gasteiger partial charge on any atom is 0.126 e. The Balaban J connectivity index is 2.19. The number of nitrogens with one attached hydrogen (secondary N) is 1. The van der Waals surface area contributed by atoms with E-state index in [0.29, 0.717) is 6.54 Å². The SMILES string of the molecule is Cn1ccnc1[C@@H](NCc1cccc(F)c1)C(C)(C)CO. The molecule has 0 saturated heterocycles. The third-order valence-electron chi connectivity index (χ3n) is 3.70. The quantitative estimate of drug-likeness (QED) is 0.859. The zero-order valence-corrected chi connectivity index (χ0v) is 12.7. The molecule has 0 saturated carbocycles. The van der Waals surface area contributed by atoms with Gasteiger partial charge in [0, 0.05) is 31.4 Å². The lowest BCUT2D eigenvalue weighted by atomic mass is 9.84. The van der Waals surface area contributed by atoms with Crippen molar-refractivity contribution in [3.05, 3.63) is 53.9 Å². The summed E-state index contributed by atoms with van der Waals surface area (Å²) in [7, 11) is 1.92. The summed E-state index contributed by atoms with van der Waals surface area (Å²) in [6, 6.07) is 6.37. The molecule has 0 unspecified atom stereocenters. The van der Waals surface area contributed by atoms with E-state index >= 15 is 0 Å². The fraction of sp³-hybridized carbons (Fsp3) is 0.438. The molecular formula is C16H22FN3O. The first-order chi connectivity index (χ1) is 9.94. The Hall–Kier alpha value is -1.72. The van der Waals surface area contributed by atoms with Gasteiger partial charge in [-0.3, -0.25) is 0 Å². The van der Waals surface area contributed by atoms with Gasteiger partial charge in [-0.05, 0) is 17.7 Å². The van der Waals surface area contributed by atoms with Gasteiger partial charge >= 0.3 is 0 Å². The predicted octanol–water partition coefficient (Wildman–Crippen LogP) is 2.41. The van der Waals surface area contributed by atoms with Crippen LogP contribution in [-0.4, -0.2) is 21.3 Å². The molecule has 1 atom stereocenters. The molecule has 0 aliphatic rings. The Morgan fingerprint density at radius 3 is 2.76 bits per heavy atom. The molecule has 0 spiro atoms. The third kappa shape index (κ3) is 3.68. The minimum absolute atomic E-state index is 0.0284. The minimum atomic E-state index is -0.383. The number of aryl methyl sites for hydroxylation is 1. The highest BCUT2D eigenvalue weighted by atomic mass is 19.1. The highest BCUT2D eigenvalue weighted by Gasteiger charge is 2.32. The molecule has 1 heterocycles. The van der Waals surface area contributed by atoms with Gasteiger partial charge < -0.3 is 15.0 Å². The zero-order chi connectivity index (χ0) is 15.5. The zero-order valence-electron chi connectivity index (χ0n) is 12.7. The molecule has 5 heteroatoms. The first-order valence-electron chi connectivity index (χ1n) is 7.00. The molecule has 0 bridgehead atoms. The van der Waals surface area contributed by atoms with Gasteiger partial charge in [0.15, 0.2) is 0 Å². The summed E-state index contributed by atoms with van der Waals surface area (Å²) < 4.78 is 15.2. The fourth-order valence-electron chi connectivity index (χ4n) is 2.33. The van der Waals surface area contributed by atoms with Crippen molar-refractivity contribution in [1.82, 2.24) is 14.9 Å². The molecule has 1 aromatic carbocycles. The van der Waals surface area contributed by atoms with E-state index in [4.69, 9.17) is 0 Å². The summed E-state index contributed by atoms with van der Waals surface area (Å²) in [6.45, 7) is 4.50. The second kappa shape index (κ2) is 6.37. The number of halogens is 1. The smallest absolute Gasteiger partial charge is 0.126 e. The van der Waals surface area contributed by atoms with Gasteiger partial charge in [0.05, 0.1) is 12.6 Å². The summed E-state index contributed by atoms with van der Waals surface area (Å²) in [5.41, 5.74) is 0.481. The second-order valence-corrected chi connectivity index (χ2v) is 5.99. The van der Waals surface area contributed by atoms with Gasteiger partial charge in [0.25, 0.3) is 0 Å². The lowest BCUT2D eigenvalue weighted by Gasteiger charge is -2.33. The van der Waals surface area contributed by atoms with E-state index in [9.17, 15) is 9.50 Å². The molecule has 2 N–H and O–H groups in total. The summed E-state index contributed by atoms with van der Waals surface area (Å²) >= 11 is 0. The van der Waals surface area contributed by atoms with Gasteiger partial charge in [-0.2, -0.15) is 0 Å². The number of imidazole rings is 1. The van der Waals surface area contributed by atoms with Crippen LogP contribution in [0.5, 0.6) is 0 Å². The molecule has 1 aromatic heterocycles. The van der Waals surface area contributed by atoms with Crippen LogP contribution in [0.15, 0.2) is 36.7 Å². The Morgan fingerprint density at radius 1 is 1.43 bits per heavy atom. The number of nitrogens with zero attached hydrogens (tertiary/aromatic N) is 2. The average Bonchev–Trinajstić information content (AvgIpc) is 2.85. The Labute approximate surface area is 124 Å². The van der Waals surface area contributed by atoms with Crippen LogP contribution in [-0.2, 0) is 13.6 Å². The topological polar surface area (TPSA) is 50.1 Å². The van der Waals surface area contributed by atoms with Crippen molar-refractivity contribution in [2.24, 2.45) is 12.5 Å². The van der Waals surface area contributed by atoms with Crippen LogP contribution in [0.2, 0.25) is 0 Å². The van der Waals surface area contributed by atoms with Crippen LogP contribution in [0.1, 0.15) is 31.3 Å². The molecule has 0 fully saturated rings. The van der Waals surface area contributed by atoms with E-state index in [-0.39, 0.29) is 23.9 Å². The van der Waals surface area contributed by atoms with Crippen molar-refractivity contribution >= 4 is 0 Å². The molecule has 0 radical (unpaired) electrons. The third-order valence-corrected chi connectivity index (χ3v) is 3.70. The van der Waals surface area contributed by atoms with Crippen molar-refractivity contribution in [2.45, 2.75) is 26.4 Å². The molecule has 114 valence electrons. The van der Waals surface area contributed by atoms with Crippen molar-refractivity contribution < 1.29 is 9.50 Å². The molecule has 2 aromatic rings. The van der Waals surface area contributed by atoms with E-state index in [1.807, 2.05) is 37.7 Å². The summed E-state index contributed by atoms with van der Waals surface area (Å²) in [5.74, 6) is 0.606. The number of hydrogen-bond acceptors (Lipinski definition) is 3. The highest BCUT2D eigenvalue weighted by molar-refractivity contribution is 5.16. The molecule has 0 aliphatic heterocycles. The van der Waals surface area contributed by atoms with E-state index in [1.165, 1.54) is 12.1 Å². The lowest BCUT2D eigenvalue weighted by Crippen LogP contribution is -2.38. The molecular weight excluding hydrogens is 269 g/mol. The summed E-state index contributed by atoms with van der Waals surface area (Å²) in [5, 5.41) is 13.0. The minimum Gasteiger partial charge on any atom is -0.396 e. The highest BCUT2D eigenvalue weighted by Crippen LogP contribution is 2.32. The van der Waals surface area contributed by atoms with Crippen LogP contribution in [0.25, 0.3) is 0 Å². The van der Waals surface area contributed by atoms with Crippen LogP contribution >= 0.6 is 0 Å². The maximum absolute atomic E-state index is 13.2. The number of hydrogen-bond donors (Lipinski definition) is 2. The first kappa shape index (κ1) is 15.7. The number of rotatable bonds is 6. The largest absolute Gasteiger partial charge is 0.396 e. The number of aliphatic hydroxyl groups excluding tert-OH is 1. The van der Waals surface area contributed by atoms with E-state index in [0.717, 1.165) is 11.4 Å². The molecule has 0 aliphatic carbocycles. The van der Waals surface area contributed by atoms with Crippen molar-refractivity contribution in [1.29, 1.82) is 0 Å². The first-order valence-corrected chi connectivity index (χ1v) is 7.00. The van der Waals surface area contributed by atoms with Gasteiger partial charge in [-0.25, -0.2) is 9.37 Å². The van der Waals surface area contributed by atoms with Crippen LogP contribution in [0.3, 0.4) is 0 Å². The predicted molar refractivity (Wildman–Crippen MR) is 80.1 cm³/mol.